The normalized spacial score (nSPS) is 10.7. The average Bonchev–Trinajstić information content (AvgIpc) is 2.48. The van der Waals surface area contributed by atoms with Gasteiger partial charge in [0.15, 0.2) is 0 Å². The van der Waals surface area contributed by atoms with Crippen LogP contribution in [-0.4, -0.2) is 4.98 Å². The van der Waals surface area contributed by atoms with Gasteiger partial charge in [-0.3, -0.25) is 4.98 Å². The van der Waals surface area contributed by atoms with E-state index in [0.29, 0.717) is 5.02 Å². The maximum absolute atomic E-state index is 5.99. The van der Waals surface area contributed by atoms with Gasteiger partial charge in [-0.1, -0.05) is 29.8 Å². The highest BCUT2D eigenvalue weighted by Gasteiger charge is 2.02. The van der Waals surface area contributed by atoms with Crippen LogP contribution in [0.4, 0.5) is 5.69 Å². The number of benzene rings is 2. The van der Waals surface area contributed by atoms with Crippen molar-refractivity contribution in [3.63, 3.8) is 0 Å². The first-order valence-corrected chi connectivity index (χ1v) is 7.43. The molecule has 0 spiro atoms. The van der Waals surface area contributed by atoms with Gasteiger partial charge in [0.25, 0.3) is 0 Å². The molecule has 0 atom stereocenters. The maximum Gasteiger partial charge on any atom is 0.0705 e. The lowest BCUT2D eigenvalue weighted by molar-refractivity contribution is 1.16. The van der Waals surface area contributed by atoms with Gasteiger partial charge < -0.3 is 5.32 Å². The molecule has 3 aromatic rings. The summed E-state index contributed by atoms with van der Waals surface area (Å²) in [5, 5.41) is 5.29. The third kappa shape index (κ3) is 2.79. The van der Waals surface area contributed by atoms with E-state index in [0.717, 1.165) is 22.2 Å². The molecule has 1 heterocycles. The van der Waals surface area contributed by atoms with Gasteiger partial charge >= 0.3 is 0 Å². The topological polar surface area (TPSA) is 24.9 Å². The van der Waals surface area contributed by atoms with E-state index in [9.17, 15) is 0 Å². The van der Waals surface area contributed by atoms with E-state index in [-0.39, 0.29) is 0 Å². The van der Waals surface area contributed by atoms with Crippen LogP contribution in [0.25, 0.3) is 10.9 Å². The van der Waals surface area contributed by atoms with Crippen LogP contribution in [0.15, 0.2) is 59.2 Å². The lowest BCUT2D eigenvalue weighted by Gasteiger charge is -2.09. The number of anilines is 1. The Morgan fingerprint density at radius 3 is 2.80 bits per heavy atom. The first-order valence-electron chi connectivity index (χ1n) is 6.25. The second-order valence-electron chi connectivity index (χ2n) is 4.47. The number of aromatic nitrogens is 1. The van der Waals surface area contributed by atoms with Crippen molar-refractivity contribution >= 4 is 44.1 Å². The fourth-order valence-corrected chi connectivity index (χ4v) is 2.61. The highest BCUT2D eigenvalue weighted by Crippen LogP contribution is 2.26. The number of fused-ring (bicyclic) bond motifs is 1. The molecule has 20 heavy (non-hydrogen) atoms. The van der Waals surface area contributed by atoms with Gasteiger partial charge in [-0.2, -0.15) is 0 Å². The van der Waals surface area contributed by atoms with Crippen molar-refractivity contribution in [2.24, 2.45) is 0 Å². The van der Waals surface area contributed by atoms with Crippen molar-refractivity contribution in [1.82, 2.24) is 4.98 Å². The Morgan fingerprint density at radius 1 is 1.10 bits per heavy atom. The second kappa shape index (κ2) is 5.81. The van der Waals surface area contributed by atoms with Gasteiger partial charge in [-0.15, -0.1) is 0 Å². The van der Waals surface area contributed by atoms with Crippen LogP contribution in [0.3, 0.4) is 0 Å². The number of hydrogen-bond donors (Lipinski definition) is 1. The van der Waals surface area contributed by atoms with E-state index in [1.165, 1.54) is 10.9 Å². The molecule has 4 heteroatoms. The number of pyridine rings is 1. The summed E-state index contributed by atoms with van der Waals surface area (Å²) in [5.41, 5.74) is 3.27. The number of rotatable bonds is 3. The Hall–Kier alpha value is -1.58. The third-order valence-corrected chi connectivity index (χ3v) is 4.36. The van der Waals surface area contributed by atoms with Gasteiger partial charge in [-0.25, -0.2) is 0 Å². The Kier molecular flexibility index (Phi) is 3.90. The van der Waals surface area contributed by atoms with E-state index < -0.39 is 0 Å². The zero-order valence-corrected chi connectivity index (χ0v) is 12.9. The minimum Gasteiger partial charge on any atom is -0.381 e. The predicted molar refractivity (Wildman–Crippen MR) is 88.2 cm³/mol. The Labute approximate surface area is 130 Å². The molecule has 0 saturated carbocycles. The molecule has 2 nitrogen and oxygen atoms in total. The molecule has 100 valence electrons. The summed E-state index contributed by atoms with van der Waals surface area (Å²) in [6.07, 6.45) is 1.84. The van der Waals surface area contributed by atoms with Gasteiger partial charge in [0.2, 0.25) is 0 Å². The van der Waals surface area contributed by atoms with Crippen LogP contribution >= 0.6 is 27.5 Å². The van der Waals surface area contributed by atoms with Crippen LogP contribution in [0.1, 0.15) is 5.56 Å². The van der Waals surface area contributed by atoms with Gasteiger partial charge in [0, 0.05) is 28.3 Å². The SMILES string of the molecule is Clc1ccc(NCc2ccnc3ccccc23)cc1Br. The highest BCUT2D eigenvalue weighted by atomic mass is 79.9. The predicted octanol–water partition coefficient (Wildman–Crippen LogP) is 5.26. The highest BCUT2D eigenvalue weighted by molar-refractivity contribution is 9.10. The minimum atomic E-state index is 0.713. The molecule has 2 aromatic carbocycles. The van der Waals surface area contributed by atoms with Crippen molar-refractivity contribution in [1.29, 1.82) is 0 Å². The molecule has 0 aliphatic carbocycles. The monoisotopic (exact) mass is 346 g/mol. The zero-order chi connectivity index (χ0) is 13.9. The smallest absolute Gasteiger partial charge is 0.0705 e. The molecule has 0 unspecified atom stereocenters. The fraction of sp³-hybridized carbons (Fsp3) is 0.0625. The first kappa shape index (κ1) is 13.4. The summed E-state index contributed by atoms with van der Waals surface area (Å²) in [6.45, 7) is 0.747. The molecular weight excluding hydrogens is 336 g/mol. The molecule has 0 saturated heterocycles. The molecule has 0 bridgehead atoms. The quantitative estimate of drug-likeness (QED) is 0.699. The first-order chi connectivity index (χ1) is 9.74. The summed E-state index contributed by atoms with van der Waals surface area (Å²) in [5.74, 6) is 0. The largest absolute Gasteiger partial charge is 0.381 e. The number of hydrogen-bond acceptors (Lipinski definition) is 2. The molecule has 0 amide bonds. The van der Waals surface area contributed by atoms with E-state index in [1.54, 1.807) is 0 Å². The van der Waals surface area contributed by atoms with Crippen LogP contribution in [-0.2, 0) is 6.54 Å². The summed E-state index contributed by atoms with van der Waals surface area (Å²) < 4.78 is 0.892. The number of para-hydroxylation sites is 1. The molecule has 3 rings (SSSR count). The van der Waals surface area contributed by atoms with Crippen molar-refractivity contribution < 1.29 is 0 Å². The van der Waals surface area contributed by atoms with Crippen molar-refractivity contribution in [3.05, 3.63) is 69.8 Å². The zero-order valence-electron chi connectivity index (χ0n) is 10.6. The van der Waals surface area contributed by atoms with E-state index in [2.05, 4.69) is 32.3 Å². The van der Waals surface area contributed by atoms with E-state index >= 15 is 0 Å². The standard InChI is InChI=1S/C16H12BrClN2/c17-14-9-12(5-6-15(14)18)20-10-11-7-8-19-16-4-2-1-3-13(11)16/h1-9,20H,10H2. The molecule has 0 fully saturated rings. The molecule has 1 aromatic heterocycles. The molecule has 0 radical (unpaired) electrons. The van der Waals surface area contributed by atoms with Crippen molar-refractivity contribution in [3.8, 4) is 0 Å². The molecule has 0 aliphatic heterocycles. The molecular formula is C16H12BrClN2. The Morgan fingerprint density at radius 2 is 1.95 bits per heavy atom. The summed E-state index contributed by atoms with van der Waals surface area (Å²) in [7, 11) is 0. The molecule has 0 aliphatic rings. The third-order valence-electron chi connectivity index (χ3n) is 3.14. The van der Waals surface area contributed by atoms with E-state index in [1.807, 2.05) is 48.7 Å². The lowest BCUT2D eigenvalue weighted by atomic mass is 10.1. The van der Waals surface area contributed by atoms with Crippen LogP contribution in [0.5, 0.6) is 0 Å². The number of nitrogens with one attached hydrogen (secondary N) is 1. The lowest BCUT2D eigenvalue weighted by Crippen LogP contribution is -2.00. The van der Waals surface area contributed by atoms with Crippen LogP contribution in [0, 0.1) is 0 Å². The van der Waals surface area contributed by atoms with Crippen LogP contribution < -0.4 is 5.32 Å². The van der Waals surface area contributed by atoms with Gasteiger partial charge in [-0.05, 0) is 51.8 Å². The maximum atomic E-state index is 5.99. The fourth-order valence-electron chi connectivity index (χ4n) is 2.11. The second-order valence-corrected chi connectivity index (χ2v) is 5.73. The van der Waals surface area contributed by atoms with Crippen LogP contribution in [0.2, 0.25) is 5.02 Å². The Balaban J connectivity index is 1.85. The number of halogens is 2. The number of nitrogens with zero attached hydrogens (tertiary/aromatic N) is 1. The van der Waals surface area contributed by atoms with E-state index in [4.69, 9.17) is 11.6 Å². The molecule has 1 N–H and O–H groups in total. The van der Waals surface area contributed by atoms with Gasteiger partial charge in [0.1, 0.15) is 0 Å². The minimum absolute atomic E-state index is 0.713. The average molecular weight is 348 g/mol. The summed E-state index contributed by atoms with van der Waals surface area (Å²) >= 11 is 9.42. The Bertz CT molecular complexity index is 753. The summed E-state index contributed by atoms with van der Waals surface area (Å²) in [6, 6.07) is 16.0. The van der Waals surface area contributed by atoms with Crippen molar-refractivity contribution in [2.45, 2.75) is 6.54 Å². The van der Waals surface area contributed by atoms with Gasteiger partial charge in [0.05, 0.1) is 10.5 Å². The van der Waals surface area contributed by atoms with Crippen molar-refractivity contribution in [2.75, 3.05) is 5.32 Å². The summed E-state index contributed by atoms with van der Waals surface area (Å²) in [4.78, 5) is 4.37.